The van der Waals surface area contributed by atoms with E-state index in [4.69, 9.17) is 14.2 Å². The van der Waals surface area contributed by atoms with Gasteiger partial charge in [-0.25, -0.2) is 0 Å². The van der Waals surface area contributed by atoms with Crippen LogP contribution in [0, 0.1) is 0 Å². The molecule has 0 heterocycles. The normalized spacial score (nSPS) is 12.3. The van der Waals surface area contributed by atoms with E-state index in [1.54, 1.807) is 0 Å². The minimum atomic E-state index is -0.807. The zero-order chi connectivity index (χ0) is 53.6. The van der Waals surface area contributed by atoms with Crippen molar-refractivity contribution in [3.8, 4) is 0 Å². The van der Waals surface area contributed by atoms with Crippen molar-refractivity contribution in [2.75, 3.05) is 13.2 Å². The number of allylic oxidation sites excluding steroid dienone is 8. The largest absolute Gasteiger partial charge is 0.462 e. The molecule has 1 unspecified atom stereocenters. The lowest BCUT2D eigenvalue weighted by molar-refractivity contribution is -0.166. The van der Waals surface area contributed by atoms with Gasteiger partial charge in [-0.2, -0.15) is 0 Å². The summed E-state index contributed by atoms with van der Waals surface area (Å²) in [6.07, 6.45) is 79.0. The van der Waals surface area contributed by atoms with E-state index in [9.17, 15) is 14.4 Å². The molecule has 0 saturated carbocycles. The van der Waals surface area contributed by atoms with Gasteiger partial charge in [0.25, 0.3) is 0 Å². The number of unbranched alkanes of at least 4 members (excludes halogenated alkanes) is 41. The third-order valence-corrected chi connectivity index (χ3v) is 14.6. The van der Waals surface area contributed by atoms with Gasteiger partial charge in [-0.05, 0) is 44.9 Å². The van der Waals surface area contributed by atoms with Crippen molar-refractivity contribution in [1.29, 1.82) is 0 Å². The predicted molar refractivity (Wildman–Crippen MR) is 321 cm³/mol. The van der Waals surface area contributed by atoms with E-state index >= 15 is 0 Å². The molecule has 0 aliphatic rings. The number of rotatable bonds is 60. The molecule has 0 amide bonds. The first-order valence-corrected chi connectivity index (χ1v) is 32.6. The fourth-order valence-electron chi connectivity index (χ4n) is 9.76. The zero-order valence-corrected chi connectivity index (χ0v) is 49.6. The summed E-state index contributed by atoms with van der Waals surface area (Å²) in [6.45, 7) is 6.49. The van der Waals surface area contributed by atoms with E-state index in [2.05, 4.69) is 63.3 Å². The van der Waals surface area contributed by atoms with Crippen molar-refractivity contribution < 1.29 is 28.6 Å². The van der Waals surface area contributed by atoms with Gasteiger partial charge in [0.1, 0.15) is 13.2 Å². The Morgan fingerprint density at radius 1 is 0.284 bits per heavy atom. The fourth-order valence-corrected chi connectivity index (χ4v) is 9.76. The maximum atomic E-state index is 12.8. The van der Waals surface area contributed by atoms with Gasteiger partial charge in [0.05, 0.1) is 0 Å². The van der Waals surface area contributed by atoms with Crippen LogP contribution in [0.4, 0.5) is 0 Å². The first-order chi connectivity index (χ1) is 36.5. The first-order valence-electron chi connectivity index (χ1n) is 32.6. The summed E-state index contributed by atoms with van der Waals surface area (Å²) >= 11 is 0. The number of carbonyl (C=O) groups excluding carboxylic acids is 3. The number of hydrogen-bond acceptors (Lipinski definition) is 6. The standard InChI is InChI=1S/C68H124O6/c1-4-7-10-13-16-19-22-24-25-26-27-28-29-30-31-32-33-34-35-36-37-38-39-40-41-42-43-45-46-49-52-55-58-61-67(70)73-64-65(63-72-66(69)60-57-54-51-48-21-18-15-12-9-6-3)74-68(71)62-59-56-53-50-47-44-23-20-17-14-11-8-5-2/h8,11,17,20,44,47,53,56,65H,4-7,9-10,12-16,18-19,21-43,45-46,48-52,54-55,57-64H2,1-3H3/b11-8-,20-17-,47-44-,56-53-. The smallest absolute Gasteiger partial charge is 0.306 e. The highest BCUT2D eigenvalue weighted by Crippen LogP contribution is 2.18. The maximum Gasteiger partial charge on any atom is 0.306 e. The quantitative estimate of drug-likeness (QED) is 0.0261. The van der Waals surface area contributed by atoms with Gasteiger partial charge in [0.15, 0.2) is 6.10 Å². The monoisotopic (exact) mass is 1040 g/mol. The summed E-state index contributed by atoms with van der Waals surface area (Å²) in [4.78, 5) is 38.0. The van der Waals surface area contributed by atoms with Crippen molar-refractivity contribution in [2.24, 2.45) is 0 Å². The summed E-state index contributed by atoms with van der Waals surface area (Å²) in [5.74, 6) is -0.966. The second kappa shape index (κ2) is 62.9. The van der Waals surface area contributed by atoms with E-state index in [0.717, 1.165) is 64.2 Å². The average Bonchev–Trinajstić information content (AvgIpc) is 3.40. The summed E-state index contributed by atoms with van der Waals surface area (Å²) < 4.78 is 16.8. The lowest BCUT2D eigenvalue weighted by Gasteiger charge is -2.18. The Morgan fingerprint density at radius 3 is 0.797 bits per heavy atom. The molecule has 0 spiro atoms. The molecule has 74 heavy (non-hydrogen) atoms. The minimum absolute atomic E-state index is 0.0975. The highest BCUT2D eigenvalue weighted by Gasteiger charge is 2.19. The summed E-state index contributed by atoms with van der Waals surface area (Å²) in [5.41, 5.74) is 0. The Bertz CT molecular complexity index is 1280. The van der Waals surface area contributed by atoms with Gasteiger partial charge in [-0.1, -0.05) is 333 Å². The molecule has 0 aromatic heterocycles. The van der Waals surface area contributed by atoms with Crippen LogP contribution in [0.15, 0.2) is 48.6 Å². The second-order valence-electron chi connectivity index (χ2n) is 22.0. The molecule has 0 aromatic rings. The zero-order valence-electron chi connectivity index (χ0n) is 49.6. The van der Waals surface area contributed by atoms with Crippen LogP contribution in [0.25, 0.3) is 0 Å². The van der Waals surface area contributed by atoms with E-state index in [1.807, 2.05) is 6.08 Å². The van der Waals surface area contributed by atoms with Crippen LogP contribution >= 0.6 is 0 Å². The van der Waals surface area contributed by atoms with Crippen molar-refractivity contribution in [1.82, 2.24) is 0 Å². The van der Waals surface area contributed by atoms with Gasteiger partial charge in [0.2, 0.25) is 0 Å². The molecule has 6 heteroatoms. The Kier molecular flexibility index (Phi) is 60.7. The van der Waals surface area contributed by atoms with Crippen LogP contribution < -0.4 is 0 Å². The average molecular weight is 1040 g/mol. The molecule has 0 rings (SSSR count). The molecule has 0 bridgehead atoms. The van der Waals surface area contributed by atoms with Crippen molar-refractivity contribution >= 4 is 17.9 Å². The lowest BCUT2D eigenvalue weighted by atomic mass is 10.0. The summed E-state index contributed by atoms with van der Waals surface area (Å²) in [7, 11) is 0. The minimum Gasteiger partial charge on any atom is -0.462 e. The molecule has 0 aromatic carbocycles. The highest BCUT2D eigenvalue weighted by molar-refractivity contribution is 5.71. The molecule has 0 fully saturated rings. The van der Waals surface area contributed by atoms with E-state index in [0.29, 0.717) is 19.3 Å². The molecular weight excluding hydrogens is 913 g/mol. The van der Waals surface area contributed by atoms with Gasteiger partial charge >= 0.3 is 17.9 Å². The Hall–Kier alpha value is -2.63. The van der Waals surface area contributed by atoms with Crippen LogP contribution in [0.1, 0.15) is 348 Å². The summed E-state index contributed by atoms with van der Waals surface area (Å²) in [6, 6.07) is 0. The van der Waals surface area contributed by atoms with Crippen LogP contribution in [-0.4, -0.2) is 37.2 Å². The second-order valence-corrected chi connectivity index (χ2v) is 22.0. The maximum absolute atomic E-state index is 12.8. The van der Waals surface area contributed by atoms with E-state index < -0.39 is 6.10 Å². The fraction of sp³-hybridized carbons (Fsp3) is 0.838. The Morgan fingerprint density at radius 2 is 0.527 bits per heavy atom. The third-order valence-electron chi connectivity index (χ3n) is 14.6. The number of hydrogen-bond donors (Lipinski definition) is 0. The van der Waals surface area contributed by atoms with Crippen LogP contribution in [0.5, 0.6) is 0 Å². The molecule has 6 nitrogen and oxygen atoms in total. The van der Waals surface area contributed by atoms with Crippen molar-refractivity contribution in [3.63, 3.8) is 0 Å². The Balaban J connectivity index is 4.02. The van der Waals surface area contributed by atoms with E-state index in [-0.39, 0.29) is 37.5 Å². The van der Waals surface area contributed by atoms with Crippen LogP contribution in [0.2, 0.25) is 0 Å². The van der Waals surface area contributed by atoms with Crippen molar-refractivity contribution in [2.45, 2.75) is 354 Å². The molecular formula is C68H124O6. The van der Waals surface area contributed by atoms with E-state index in [1.165, 1.54) is 238 Å². The molecule has 0 aliphatic carbocycles. The molecule has 0 saturated heterocycles. The van der Waals surface area contributed by atoms with Gasteiger partial charge in [-0.15, -0.1) is 0 Å². The van der Waals surface area contributed by atoms with Gasteiger partial charge in [0, 0.05) is 19.3 Å². The summed E-state index contributed by atoms with van der Waals surface area (Å²) in [5, 5.41) is 0. The molecule has 0 radical (unpaired) electrons. The van der Waals surface area contributed by atoms with Crippen molar-refractivity contribution in [3.05, 3.63) is 48.6 Å². The predicted octanol–water partition coefficient (Wildman–Crippen LogP) is 22.2. The lowest BCUT2D eigenvalue weighted by Crippen LogP contribution is -2.30. The number of ether oxygens (including phenoxy) is 3. The molecule has 0 aliphatic heterocycles. The Labute approximate surface area is 460 Å². The topological polar surface area (TPSA) is 78.9 Å². The molecule has 1 atom stereocenters. The first kappa shape index (κ1) is 71.4. The van der Waals surface area contributed by atoms with Gasteiger partial charge in [-0.3, -0.25) is 14.4 Å². The van der Waals surface area contributed by atoms with Crippen LogP contribution in [0.3, 0.4) is 0 Å². The van der Waals surface area contributed by atoms with Gasteiger partial charge < -0.3 is 14.2 Å². The third kappa shape index (κ3) is 60.2. The number of esters is 3. The molecule has 432 valence electrons. The van der Waals surface area contributed by atoms with Crippen LogP contribution in [-0.2, 0) is 28.6 Å². The highest BCUT2D eigenvalue weighted by atomic mass is 16.6. The SMILES string of the molecule is CC/C=C\C/C=C\C/C=C\C/C=C\CCC(=O)OC(COC(=O)CCCCCCCCCCCC)COC(=O)CCCCCCCCCCCCCCCCCCCCCCCCCCCCCCCCCCC. The number of carbonyl (C=O) groups is 3. The molecule has 0 N–H and O–H groups in total.